The van der Waals surface area contributed by atoms with Crippen molar-refractivity contribution in [3.05, 3.63) is 42.0 Å². The fraction of sp³-hybridized carbons (Fsp3) is 0.545. The summed E-state index contributed by atoms with van der Waals surface area (Å²) in [4.78, 5) is 28.9. The van der Waals surface area contributed by atoms with E-state index in [1.54, 1.807) is 0 Å². The fourth-order valence-corrected chi connectivity index (χ4v) is 4.54. The van der Waals surface area contributed by atoms with E-state index in [4.69, 9.17) is 4.74 Å². The van der Waals surface area contributed by atoms with E-state index in [1.165, 1.54) is 0 Å². The van der Waals surface area contributed by atoms with E-state index in [2.05, 4.69) is 24.3 Å². The second-order valence-corrected chi connectivity index (χ2v) is 8.09. The number of hydrogen-bond acceptors (Lipinski definition) is 3. The summed E-state index contributed by atoms with van der Waals surface area (Å²) in [7, 11) is 0. The first-order chi connectivity index (χ1) is 13.2. The molecule has 0 radical (unpaired) electrons. The number of rotatable bonds is 4. The van der Waals surface area contributed by atoms with Crippen LogP contribution in [0, 0.1) is 5.41 Å². The van der Waals surface area contributed by atoms with Crippen molar-refractivity contribution in [2.75, 3.05) is 32.8 Å². The maximum Gasteiger partial charge on any atom is 0.251 e. The molecule has 3 saturated heterocycles. The van der Waals surface area contributed by atoms with Gasteiger partial charge in [-0.15, -0.1) is 0 Å². The van der Waals surface area contributed by atoms with Gasteiger partial charge in [0.2, 0.25) is 5.91 Å². The number of piperidine rings is 1. The Hall–Kier alpha value is -2.14. The van der Waals surface area contributed by atoms with Gasteiger partial charge in [-0.05, 0) is 31.2 Å². The molecule has 144 valence electrons. The van der Waals surface area contributed by atoms with Crippen LogP contribution >= 0.6 is 0 Å². The van der Waals surface area contributed by atoms with Gasteiger partial charge < -0.3 is 14.5 Å². The van der Waals surface area contributed by atoms with E-state index in [1.807, 2.05) is 28.0 Å². The van der Waals surface area contributed by atoms with Crippen molar-refractivity contribution >= 4 is 17.9 Å². The van der Waals surface area contributed by atoms with Gasteiger partial charge in [0.25, 0.3) is 5.91 Å². The second-order valence-electron chi connectivity index (χ2n) is 8.09. The zero-order chi connectivity index (χ0) is 18.7. The summed E-state index contributed by atoms with van der Waals surface area (Å²) < 4.78 is 5.54. The molecule has 5 heteroatoms. The molecule has 1 atom stereocenters. The highest BCUT2D eigenvalue weighted by Gasteiger charge is 2.45. The summed E-state index contributed by atoms with van der Waals surface area (Å²) in [5.41, 5.74) is 1.20. The molecule has 0 bridgehead atoms. The second kappa shape index (κ2) is 7.85. The lowest BCUT2D eigenvalue weighted by atomic mass is 9.77. The Labute approximate surface area is 161 Å². The van der Waals surface area contributed by atoms with Gasteiger partial charge in [0, 0.05) is 44.6 Å². The van der Waals surface area contributed by atoms with Gasteiger partial charge in [0.1, 0.15) is 6.10 Å². The van der Waals surface area contributed by atoms with E-state index >= 15 is 0 Å². The van der Waals surface area contributed by atoms with Crippen LogP contribution in [0.4, 0.5) is 0 Å². The van der Waals surface area contributed by atoms with Crippen molar-refractivity contribution in [2.45, 2.75) is 38.2 Å². The highest BCUT2D eigenvalue weighted by Crippen LogP contribution is 2.41. The average molecular weight is 368 g/mol. The van der Waals surface area contributed by atoms with E-state index in [-0.39, 0.29) is 23.3 Å². The smallest absolute Gasteiger partial charge is 0.251 e. The average Bonchev–Trinajstić information content (AvgIpc) is 3.32. The zero-order valence-electron chi connectivity index (χ0n) is 15.8. The Kier molecular flexibility index (Phi) is 5.30. The van der Waals surface area contributed by atoms with Gasteiger partial charge in [0.05, 0.1) is 0 Å². The van der Waals surface area contributed by atoms with Gasteiger partial charge in [0.15, 0.2) is 0 Å². The van der Waals surface area contributed by atoms with Crippen molar-refractivity contribution in [2.24, 2.45) is 5.41 Å². The van der Waals surface area contributed by atoms with Crippen molar-refractivity contribution < 1.29 is 14.3 Å². The van der Waals surface area contributed by atoms with Crippen LogP contribution in [0.5, 0.6) is 0 Å². The predicted molar refractivity (Wildman–Crippen MR) is 104 cm³/mol. The van der Waals surface area contributed by atoms with Crippen LogP contribution in [0.1, 0.15) is 37.7 Å². The summed E-state index contributed by atoms with van der Waals surface area (Å²) in [5.74, 6) is 0.390. The van der Waals surface area contributed by atoms with Crippen molar-refractivity contribution in [3.8, 4) is 0 Å². The van der Waals surface area contributed by atoms with Gasteiger partial charge >= 0.3 is 0 Å². The quantitative estimate of drug-likeness (QED) is 0.821. The van der Waals surface area contributed by atoms with E-state index in [9.17, 15) is 9.59 Å². The van der Waals surface area contributed by atoms with Gasteiger partial charge in [-0.25, -0.2) is 0 Å². The Morgan fingerprint density at radius 2 is 2.00 bits per heavy atom. The number of likely N-dealkylation sites (tertiary alicyclic amines) is 2. The molecule has 5 nitrogen and oxygen atoms in total. The Bertz CT molecular complexity index is 702. The van der Waals surface area contributed by atoms with E-state index in [0.29, 0.717) is 19.6 Å². The monoisotopic (exact) mass is 368 g/mol. The highest BCUT2D eigenvalue weighted by atomic mass is 16.5. The normalized spacial score (nSPS) is 25.0. The lowest BCUT2D eigenvalue weighted by Gasteiger charge is -2.39. The molecule has 3 aliphatic heterocycles. The van der Waals surface area contributed by atoms with Gasteiger partial charge in [-0.2, -0.15) is 0 Å². The number of ether oxygens (including phenoxy) is 1. The minimum atomic E-state index is -0.233. The molecule has 0 aromatic heterocycles. The topological polar surface area (TPSA) is 49.9 Å². The van der Waals surface area contributed by atoms with E-state index < -0.39 is 0 Å². The fourth-order valence-electron chi connectivity index (χ4n) is 4.54. The SMILES string of the molecule is O=C1CC2(CCN(C(=O)C3CCCO3)CC2)CN1C/C=C/c1ccccc1. The lowest BCUT2D eigenvalue weighted by Crippen LogP contribution is -2.47. The standard InChI is InChI=1S/C22H28N2O3/c25-20-16-22(17-24(20)12-4-8-18-6-2-1-3-7-18)10-13-23(14-11-22)21(26)19-9-5-15-27-19/h1-4,6-8,19H,5,9-17H2/b8-4+. The van der Waals surface area contributed by atoms with Crippen molar-refractivity contribution in [1.82, 2.24) is 9.80 Å². The number of benzene rings is 1. The third-order valence-corrected chi connectivity index (χ3v) is 6.18. The van der Waals surface area contributed by atoms with Crippen LogP contribution < -0.4 is 0 Å². The van der Waals surface area contributed by atoms with Crippen LogP contribution in [-0.2, 0) is 14.3 Å². The largest absolute Gasteiger partial charge is 0.368 e. The molecule has 1 aromatic rings. The minimum absolute atomic E-state index is 0.0466. The van der Waals surface area contributed by atoms with Crippen LogP contribution in [0.2, 0.25) is 0 Å². The van der Waals surface area contributed by atoms with E-state index in [0.717, 1.165) is 50.9 Å². The summed E-state index contributed by atoms with van der Waals surface area (Å²) in [6.07, 6.45) is 8.18. The molecular weight excluding hydrogens is 340 g/mol. The summed E-state index contributed by atoms with van der Waals surface area (Å²) >= 11 is 0. The highest BCUT2D eigenvalue weighted by molar-refractivity contribution is 5.82. The third kappa shape index (κ3) is 4.08. The van der Waals surface area contributed by atoms with Crippen molar-refractivity contribution in [1.29, 1.82) is 0 Å². The van der Waals surface area contributed by atoms with Crippen LogP contribution in [0.3, 0.4) is 0 Å². The molecule has 0 N–H and O–H groups in total. The molecule has 4 rings (SSSR count). The number of carbonyl (C=O) groups excluding carboxylic acids is 2. The summed E-state index contributed by atoms with van der Waals surface area (Å²) in [6, 6.07) is 10.2. The van der Waals surface area contributed by atoms with Crippen molar-refractivity contribution in [3.63, 3.8) is 0 Å². The molecule has 3 aliphatic rings. The molecule has 27 heavy (non-hydrogen) atoms. The zero-order valence-corrected chi connectivity index (χ0v) is 15.8. The number of carbonyl (C=O) groups is 2. The molecule has 1 unspecified atom stereocenters. The molecule has 1 aromatic carbocycles. The third-order valence-electron chi connectivity index (χ3n) is 6.18. The van der Waals surface area contributed by atoms with Gasteiger partial charge in [-0.1, -0.05) is 42.5 Å². The summed E-state index contributed by atoms with van der Waals surface area (Å²) in [5, 5.41) is 0. The lowest BCUT2D eigenvalue weighted by molar-refractivity contribution is -0.143. The Morgan fingerprint density at radius 1 is 1.22 bits per heavy atom. The molecule has 0 aliphatic carbocycles. The molecule has 1 spiro atoms. The maximum atomic E-state index is 12.5. The molecular formula is C22H28N2O3. The number of amides is 2. The van der Waals surface area contributed by atoms with Crippen LogP contribution in [0.15, 0.2) is 36.4 Å². The van der Waals surface area contributed by atoms with Crippen LogP contribution in [0.25, 0.3) is 6.08 Å². The maximum absolute atomic E-state index is 12.5. The molecule has 2 amide bonds. The first-order valence-electron chi connectivity index (χ1n) is 10.1. The molecule has 3 heterocycles. The Balaban J connectivity index is 1.30. The first-order valence-corrected chi connectivity index (χ1v) is 10.1. The van der Waals surface area contributed by atoms with Crippen LogP contribution in [-0.4, -0.2) is 60.5 Å². The molecule has 0 saturated carbocycles. The summed E-state index contributed by atoms with van der Waals surface area (Å²) in [6.45, 7) is 3.68. The number of nitrogens with zero attached hydrogens (tertiary/aromatic N) is 2. The Morgan fingerprint density at radius 3 is 2.70 bits per heavy atom. The first kappa shape index (κ1) is 18.2. The molecule has 3 fully saturated rings. The predicted octanol–water partition coefficient (Wildman–Crippen LogP) is 2.72. The van der Waals surface area contributed by atoms with Gasteiger partial charge in [-0.3, -0.25) is 9.59 Å². The number of hydrogen-bond donors (Lipinski definition) is 0. The minimum Gasteiger partial charge on any atom is -0.368 e.